The summed E-state index contributed by atoms with van der Waals surface area (Å²) < 4.78 is 0. The number of rotatable bonds is 6. The van der Waals surface area contributed by atoms with Gasteiger partial charge < -0.3 is 16.0 Å². The van der Waals surface area contributed by atoms with Crippen molar-refractivity contribution < 1.29 is 4.79 Å². The first-order chi connectivity index (χ1) is 10.1. The van der Waals surface area contributed by atoms with E-state index in [0.717, 1.165) is 31.7 Å². The lowest BCUT2D eigenvalue weighted by molar-refractivity contribution is -0.126. The summed E-state index contributed by atoms with van der Waals surface area (Å²) in [4.78, 5) is 14.7. The van der Waals surface area contributed by atoms with Crippen molar-refractivity contribution in [3.8, 4) is 0 Å². The summed E-state index contributed by atoms with van der Waals surface area (Å²) in [5.41, 5.74) is 5.79. The zero-order valence-electron chi connectivity index (χ0n) is 14.6. The number of hydrogen-bond acceptors (Lipinski definition) is 3. The van der Waals surface area contributed by atoms with Crippen molar-refractivity contribution in [3.63, 3.8) is 0 Å². The first kappa shape index (κ1) is 23.0. The Balaban J connectivity index is 0.00000242. The predicted molar refractivity (Wildman–Crippen MR) is 101 cm³/mol. The number of halogens is 2. The van der Waals surface area contributed by atoms with E-state index in [1.54, 1.807) is 0 Å². The van der Waals surface area contributed by atoms with Gasteiger partial charge in [0.15, 0.2) is 0 Å². The highest BCUT2D eigenvalue weighted by Crippen LogP contribution is 2.31. The molecule has 0 aromatic heterocycles. The standard InChI is InChI=1S/C17H33N3O.2ClH/c1-20(2)16(13-7-4-3-5-8-13)12-19-17(21)15-10-6-9-14(15)11-18;;/h13-16H,3-12,18H2,1-2H3,(H,19,21);2*1H/t14-,15-,16?;;/m1../s1. The van der Waals surface area contributed by atoms with Crippen LogP contribution in [0.4, 0.5) is 0 Å². The molecule has 0 bridgehead atoms. The van der Waals surface area contributed by atoms with E-state index < -0.39 is 0 Å². The van der Waals surface area contributed by atoms with Crippen LogP contribution in [0.5, 0.6) is 0 Å². The molecule has 0 aromatic rings. The lowest BCUT2D eigenvalue weighted by Crippen LogP contribution is -2.47. The Kier molecular flexibility index (Phi) is 11.5. The summed E-state index contributed by atoms with van der Waals surface area (Å²) in [6, 6.07) is 0.479. The van der Waals surface area contributed by atoms with Gasteiger partial charge in [-0.3, -0.25) is 4.79 Å². The minimum atomic E-state index is 0. The van der Waals surface area contributed by atoms with Crippen LogP contribution in [0.1, 0.15) is 51.4 Å². The number of nitrogens with two attached hydrogens (primary N) is 1. The molecule has 3 N–H and O–H groups in total. The smallest absolute Gasteiger partial charge is 0.223 e. The van der Waals surface area contributed by atoms with Crippen LogP contribution in [0.2, 0.25) is 0 Å². The Labute approximate surface area is 154 Å². The molecule has 1 unspecified atom stereocenters. The number of likely N-dealkylation sites (N-methyl/N-ethyl adjacent to an activating group) is 1. The van der Waals surface area contributed by atoms with E-state index in [2.05, 4.69) is 24.3 Å². The van der Waals surface area contributed by atoms with E-state index in [1.165, 1.54) is 32.1 Å². The van der Waals surface area contributed by atoms with Gasteiger partial charge in [-0.05, 0) is 58.2 Å². The van der Waals surface area contributed by atoms with Gasteiger partial charge in [0, 0.05) is 18.5 Å². The van der Waals surface area contributed by atoms with Gasteiger partial charge in [0.05, 0.1) is 0 Å². The van der Waals surface area contributed by atoms with Crippen molar-refractivity contribution in [1.29, 1.82) is 0 Å². The molecule has 2 rings (SSSR count). The lowest BCUT2D eigenvalue weighted by Gasteiger charge is -2.35. The van der Waals surface area contributed by atoms with Crippen molar-refractivity contribution >= 4 is 30.7 Å². The molecule has 2 aliphatic carbocycles. The van der Waals surface area contributed by atoms with Gasteiger partial charge in [0.1, 0.15) is 0 Å². The summed E-state index contributed by atoms with van der Waals surface area (Å²) >= 11 is 0. The molecule has 23 heavy (non-hydrogen) atoms. The number of carbonyl (C=O) groups is 1. The molecule has 6 heteroatoms. The third kappa shape index (κ3) is 6.41. The molecular weight excluding hydrogens is 333 g/mol. The zero-order valence-corrected chi connectivity index (χ0v) is 16.3. The van der Waals surface area contributed by atoms with Crippen molar-refractivity contribution in [1.82, 2.24) is 10.2 Å². The average Bonchev–Trinajstić information content (AvgIpc) is 2.96. The van der Waals surface area contributed by atoms with Gasteiger partial charge >= 0.3 is 0 Å². The molecule has 2 aliphatic rings. The van der Waals surface area contributed by atoms with Gasteiger partial charge in [-0.25, -0.2) is 0 Å². The van der Waals surface area contributed by atoms with Crippen LogP contribution >= 0.6 is 24.8 Å². The third-order valence-corrected chi connectivity index (χ3v) is 5.64. The first-order valence-electron chi connectivity index (χ1n) is 8.77. The third-order valence-electron chi connectivity index (χ3n) is 5.64. The molecule has 0 spiro atoms. The summed E-state index contributed by atoms with van der Waals surface area (Å²) in [6.07, 6.45) is 9.99. The fourth-order valence-electron chi connectivity index (χ4n) is 4.29. The van der Waals surface area contributed by atoms with Crippen LogP contribution in [0.15, 0.2) is 0 Å². The van der Waals surface area contributed by atoms with Crippen LogP contribution in [0.3, 0.4) is 0 Å². The van der Waals surface area contributed by atoms with Gasteiger partial charge in [-0.1, -0.05) is 25.7 Å². The molecular formula is C17H35Cl2N3O. The maximum absolute atomic E-state index is 12.4. The average molecular weight is 368 g/mol. The largest absolute Gasteiger partial charge is 0.354 e. The minimum Gasteiger partial charge on any atom is -0.354 e. The SMILES string of the molecule is CN(C)C(CNC(=O)[C@@H]1CCC[C@@H]1CN)C1CCCCC1.Cl.Cl. The second kappa shape index (κ2) is 11.5. The van der Waals surface area contributed by atoms with E-state index in [-0.39, 0.29) is 36.6 Å². The molecule has 0 aliphatic heterocycles. The van der Waals surface area contributed by atoms with Crippen molar-refractivity contribution in [2.75, 3.05) is 27.2 Å². The number of hydrogen-bond donors (Lipinski definition) is 2. The fourth-order valence-corrected chi connectivity index (χ4v) is 4.29. The highest BCUT2D eigenvalue weighted by Gasteiger charge is 2.33. The Morgan fingerprint density at radius 3 is 2.30 bits per heavy atom. The van der Waals surface area contributed by atoms with Crippen molar-refractivity contribution in [2.24, 2.45) is 23.5 Å². The molecule has 0 heterocycles. The molecule has 0 aromatic carbocycles. The van der Waals surface area contributed by atoms with Crippen LogP contribution in [0.25, 0.3) is 0 Å². The zero-order chi connectivity index (χ0) is 15.2. The Morgan fingerprint density at radius 2 is 1.74 bits per heavy atom. The Bertz CT molecular complexity index is 336. The van der Waals surface area contributed by atoms with Crippen LogP contribution in [0, 0.1) is 17.8 Å². The van der Waals surface area contributed by atoms with E-state index in [4.69, 9.17) is 5.73 Å². The minimum absolute atomic E-state index is 0. The summed E-state index contributed by atoms with van der Waals surface area (Å²) in [5, 5.41) is 3.23. The molecule has 2 fully saturated rings. The summed E-state index contributed by atoms with van der Waals surface area (Å²) in [6.45, 7) is 1.45. The van der Waals surface area contributed by atoms with E-state index >= 15 is 0 Å². The van der Waals surface area contributed by atoms with Crippen molar-refractivity contribution in [2.45, 2.75) is 57.4 Å². The second-order valence-corrected chi connectivity index (χ2v) is 7.21. The van der Waals surface area contributed by atoms with Crippen LogP contribution in [-0.2, 0) is 4.79 Å². The van der Waals surface area contributed by atoms with Gasteiger partial charge in [0.2, 0.25) is 5.91 Å². The van der Waals surface area contributed by atoms with E-state index in [0.29, 0.717) is 18.5 Å². The monoisotopic (exact) mass is 367 g/mol. The van der Waals surface area contributed by atoms with Crippen LogP contribution < -0.4 is 11.1 Å². The lowest BCUT2D eigenvalue weighted by atomic mass is 9.83. The molecule has 0 radical (unpaired) electrons. The second-order valence-electron chi connectivity index (χ2n) is 7.21. The number of amides is 1. The first-order valence-corrected chi connectivity index (χ1v) is 8.77. The molecule has 4 nitrogen and oxygen atoms in total. The van der Waals surface area contributed by atoms with Gasteiger partial charge in [-0.15, -0.1) is 24.8 Å². The van der Waals surface area contributed by atoms with Crippen LogP contribution in [-0.4, -0.2) is 44.0 Å². The maximum Gasteiger partial charge on any atom is 0.223 e. The summed E-state index contributed by atoms with van der Waals surface area (Å²) in [5.74, 6) is 1.54. The fraction of sp³-hybridized carbons (Fsp3) is 0.941. The maximum atomic E-state index is 12.4. The number of nitrogens with one attached hydrogen (secondary N) is 1. The van der Waals surface area contributed by atoms with Crippen molar-refractivity contribution in [3.05, 3.63) is 0 Å². The quantitative estimate of drug-likeness (QED) is 0.758. The normalized spacial score (nSPS) is 26.3. The predicted octanol–water partition coefficient (Wildman–Crippen LogP) is 2.83. The molecule has 1 amide bonds. The Hall–Kier alpha value is -0.0300. The Morgan fingerprint density at radius 1 is 1.09 bits per heavy atom. The van der Waals surface area contributed by atoms with Gasteiger partial charge in [0.25, 0.3) is 0 Å². The van der Waals surface area contributed by atoms with E-state index in [9.17, 15) is 4.79 Å². The molecule has 3 atom stereocenters. The highest BCUT2D eigenvalue weighted by molar-refractivity contribution is 5.85. The molecule has 2 saturated carbocycles. The topological polar surface area (TPSA) is 58.4 Å². The summed E-state index contributed by atoms with van der Waals surface area (Å²) in [7, 11) is 4.29. The number of carbonyl (C=O) groups excluding carboxylic acids is 1. The molecule has 138 valence electrons. The number of nitrogens with zero attached hydrogens (tertiary/aromatic N) is 1. The molecule has 0 saturated heterocycles. The van der Waals surface area contributed by atoms with Gasteiger partial charge in [-0.2, -0.15) is 0 Å². The van der Waals surface area contributed by atoms with E-state index in [1.807, 2.05) is 0 Å². The highest BCUT2D eigenvalue weighted by atomic mass is 35.5.